The minimum atomic E-state index is -3.60. The van der Waals surface area contributed by atoms with E-state index in [0.29, 0.717) is 18.7 Å². The highest BCUT2D eigenvalue weighted by atomic mass is 32.2. The summed E-state index contributed by atoms with van der Waals surface area (Å²) in [6.07, 6.45) is 0.831. The zero-order valence-corrected chi connectivity index (χ0v) is 18.2. The van der Waals surface area contributed by atoms with Gasteiger partial charge in [-0.1, -0.05) is 57.2 Å². The molecule has 0 fully saturated rings. The van der Waals surface area contributed by atoms with Crippen molar-refractivity contribution in [2.24, 2.45) is 0 Å². The Kier molecular flexibility index (Phi) is 8.82. The van der Waals surface area contributed by atoms with Crippen molar-refractivity contribution in [1.82, 2.24) is 14.9 Å². The van der Waals surface area contributed by atoms with E-state index < -0.39 is 10.0 Å². The van der Waals surface area contributed by atoms with E-state index in [2.05, 4.69) is 40.9 Å². The highest BCUT2D eigenvalue weighted by Crippen LogP contribution is 2.12. The highest BCUT2D eigenvalue weighted by molar-refractivity contribution is 7.89. The second-order valence-corrected chi connectivity index (χ2v) is 8.57. The largest absolute Gasteiger partial charge is 0.350 e. The Morgan fingerprint density at radius 2 is 1.69 bits per heavy atom. The number of amides is 1. The quantitative estimate of drug-likeness (QED) is 0.589. The van der Waals surface area contributed by atoms with Crippen LogP contribution in [0.5, 0.6) is 0 Å². The van der Waals surface area contributed by atoms with Gasteiger partial charge in [0, 0.05) is 24.7 Å². The van der Waals surface area contributed by atoms with Crippen molar-refractivity contribution >= 4 is 15.9 Å². The number of sulfonamides is 1. The van der Waals surface area contributed by atoms with Crippen LogP contribution in [-0.4, -0.2) is 51.4 Å². The van der Waals surface area contributed by atoms with E-state index in [4.69, 9.17) is 0 Å². The van der Waals surface area contributed by atoms with Crippen molar-refractivity contribution in [2.45, 2.75) is 38.1 Å². The van der Waals surface area contributed by atoms with Gasteiger partial charge in [0.25, 0.3) is 5.91 Å². The molecule has 0 aliphatic carbocycles. The number of likely N-dealkylation sites (N-methyl/N-ethyl adjacent to an activating group) is 1. The smallest absolute Gasteiger partial charge is 0.251 e. The summed E-state index contributed by atoms with van der Waals surface area (Å²) in [4.78, 5) is 15.1. The molecule has 0 saturated heterocycles. The van der Waals surface area contributed by atoms with Gasteiger partial charge in [-0.25, -0.2) is 13.1 Å². The average molecular weight is 418 g/mol. The molecule has 1 amide bonds. The molecule has 0 heterocycles. The molecule has 0 aromatic heterocycles. The summed E-state index contributed by atoms with van der Waals surface area (Å²) >= 11 is 0. The van der Waals surface area contributed by atoms with Gasteiger partial charge in [-0.15, -0.1) is 0 Å². The lowest BCUT2D eigenvalue weighted by molar-refractivity contribution is 0.0934. The molecule has 0 radical (unpaired) electrons. The SMILES string of the molecule is CCNS(=O)(=O)c1cccc(C(=O)NCC(Cc2ccccc2)N(CC)CC)c1. The zero-order chi connectivity index (χ0) is 21.3. The lowest BCUT2D eigenvalue weighted by Gasteiger charge is -2.30. The van der Waals surface area contributed by atoms with E-state index in [1.807, 2.05) is 18.2 Å². The monoisotopic (exact) mass is 417 g/mol. The Hall–Kier alpha value is -2.22. The van der Waals surface area contributed by atoms with Crippen LogP contribution in [0.2, 0.25) is 0 Å². The van der Waals surface area contributed by atoms with Crippen LogP contribution in [0.3, 0.4) is 0 Å². The van der Waals surface area contributed by atoms with E-state index in [-0.39, 0.29) is 16.8 Å². The zero-order valence-electron chi connectivity index (χ0n) is 17.4. The Balaban J connectivity index is 2.11. The Labute approximate surface area is 174 Å². The van der Waals surface area contributed by atoms with Crippen LogP contribution in [0.15, 0.2) is 59.5 Å². The predicted molar refractivity (Wildman–Crippen MR) is 116 cm³/mol. The maximum atomic E-state index is 12.7. The van der Waals surface area contributed by atoms with E-state index in [9.17, 15) is 13.2 Å². The molecule has 0 spiro atoms. The molecule has 0 aliphatic rings. The van der Waals surface area contributed by atoms with Gasteiger partial charge in [-0.3, -0.25) is 9.69 Å². The molecule has 7 heteroatoms. The fraction of sp³-hybridized carbons (Fsp3) is 0.409. The molecule has 158 valence electrons. The molecule has 2 aromatic rings. The Bertz CT molecular complexity index is 881. The second-order valence-electron chi connectivity index (χ2n) is 6.80. The molecule has 0 saturated carbocycles. The molecule has 2 aromatic carbocycles. The van der Waals surface area contributed by atoms with Gasteiger partial charge in [-0.05, 0) is 43.3 Å². The van der Waals surface area contributed by atoms with Crippen molar-refractivity contribution in [3.8, 4) is 0 Å². The highest BCUT2D eigenvalue weighted by Gasteiger charge is 2.19. The van der Waals surface area contributed by atoms with Crippen molar-refractivity contribution in [1.29, 1.82) is 0 Å². The summed E-state index contributed by atoms with van der Waals surface area (Å²) in [5, 5.41) is 2.98. The van der Waals surface area contributed by atoms with Crippen molar-refractivity contribution < 1.29 is 13.2 Å². The Morgan fingerprint density at radius 3 is 2.31 bits per heavy atom. The third-order valence-corrected chi connectivity index (χ3v) is 6.43. The van der Waals surface area contributed by atoms with E-state index >= 15 is 0 Å². The molecule has 0 bridgehead atoms. The van der Waals surface area contributed by atoms with E-state index in [1.54, 1.807) is 19.1 Å². The molecule has 2 rings (SSSR count). The lowest BCUT2D eigenvalue weighted by Crippen LogP contribution is -2.45. The molecular weight excluding hydrogens is 386 g/mol. The van der Waals surface area contributed by atoms with Crippen LogP contribution < -0.4 is 10.0 Å². The maximum Gasteiger partial charge on any atom is 0.251 e. The first-order chi connectivity index (χ1) is 13.9. The summed E-state index contributed by atoms with van der Waals surface area (Å²) in [6, 6.07) is 16.5. The third kappa shape index (κ3) is 6.66. The molecule has 29 heavy (non-hydrogen) atoms. The van der Waals surface area contributed by atoms with Gasteiger partial charge < -0.3 is 5.32 Å². The van der Waals surface area contributed by atoms with Crippen LogP contribution in [0.4, 0.5) is 0 Å². The second kappa shape index (κ2) is 11.1. The van der Waals surface area contributed by atoms with Crippen LogP contribution in [0.25, 0.3) is 0 Å². The number of hydrogen-bond acceptors (Lipinski definition) is 4. The van der Waals surface area contributed by atoms with E-state index in [0.717, 1.165) is 19.5 Å². The number of carbonyl (C=O) groups excluding carboxylic acids is 1. The number of nitrogens with zero attached hydrogens (tertiary/aromatic N) is 1. The van der Waals surface area contributed by atoms with Crippen LogP contribution in [-0.2, 0) is 16.4 Å². The first kappa shape index (κ1) is 23.1. The topological polar surface area (TPSA) is 78.5 Å². The predicted octanol–water partition coefficient (Wildman–Crippen LogP) is 2.67. The van der Waals surface area contributed by atoms with Crippen LogP contribution in [0.1, 0.15) is 36.7 Å². The summed E-state index contributed by atoms with van der Waals surface area (Å²) < 4.78 is 26.8. The molecule has 2 N–H and O–H groups in total. The molecule has 1 unspecified atom stereocenters. The first-order valence-corrected chi connectivity index (χ1v) is 11.6. The van der Waals surface area contributed by atoms with Gasteiger partial charge >= 0.3 is 0 Å². The molecule has 0 aliphatic heterocycles. The van der Waals surface area contributed by atoms with Gasteiger partial charge in [0.05, 0.1) is 4.90 Å². The summed E-state index contributed by atoms with van der Waals surface area (Å²) in [6.45, 7) is 8.49. The third-order valence-electron chi connectivity index (χ3n) is 4.88. The fourth-order valence-corrected chi connectivity index (χ4v) is 4.43. The molecular formula is C22H31N3O3S. The number of rotatable bonds is 11. The fourth-order valence-electron chi connectivity index (χ4n) is 3.35. The van der Waals surface area contributed by atoms with Gasteiger partial charge in [0.15, 0.2) is 0 Å². The standard InChI is InChI=1S/C22H31N3O3S/c1-4-24-29(27,28)21-14-10-13-19(16-21)22(26)23-17-20(25(5-2)6-3)15-18-11-8-7-9-12-18/h7-14,16,20,24H,4-6,15,17H2,1-3H3,(H,23,26). The lowest BCUT2D eigenvalue weighted by atomic mass is 10.0. The van der Waals surface area contributed by atoms with Crippen molar-refractivity contribution in [3.63, 3.8) is 0 Å². The number of carbonyl (C=O) groups is 1. The van der Waals surface area contributed by atoms with Crippen LogP contribution in [0, 0.1) is 0 Å². The minimum absolute atomic E-state index is 0.0941. The van der Waals surface area contributed by atoms with E-state index in [1.165, 1.54) is 17.7 Å². The first-order valence-electron chi connectivity index (χ1n) is 10.1. The molecule has 6 nitrogen and oxygen atoms in total. The molecule has 1 atom stereocenters. The average Bonchev–Trinajstić information content (AvgIpc) is 2.73. The van der Waals surface area contributed by atoms with Crippen molar-refractivity contribution in [2.75, 3.05) is 26.2 Å². The summed E-state index contributed by atoms with van der Waals surface area (Å²) in [7, 11) is -3.60. The maximum absolute atomic E-state index is 12.7. The normalized spacial score (nSPS) is 12.7. The van der Waals surface area contributed by atoms with Gasteiger partial charge in [0.2, 0.25) is 10.0 Å². The van der Waals surface area contributed by atoms with Crippen molar-refractivity contribution in [3.05, 3.63) is 65.7 Å². The summed E-state index contributed by atoms with van der Waals surface area (Å²) in [5.41, 5.74) is 1.55. The Morgan fingerprint density at radius 1 is 1.00 bits per heavy atom. The number of nitrogens with one attached hydrogen (secondary N) is 2. The number of hydrogen-bond donors (Lipinski definition) is 2. The van der Waals surface area contributed by atoms with Crippen LogP contribution >= 0.6 is 0 Å². The minimum Gasteiger partial charge on any atom is -0.350 e. The summed E-state index contributed by atoms with van der Waals surface area (Å²) in [5.74, 6) is -0.274. The van der Waals surface area contributed by atoms with Gasteiger partial charge in [0.1, 0.15) is 0 Å². The number of benzene rings is 2. The van der Waals surface area contributed by atoms with Gasteiger partial charge in [-0.2, -0.15) is 0 Å².